The van der Waals surface area contributed by atoms with E-state index in [-0.39, 0.29) is 5.91 Å². The molecule has 0 spiro atoms. The third kappa shape index (κ3) is 3.38. The number of nitrogens with one attached hydrogen (secondary N) is 1. The van der Waals surface area contributed by atoms with E-state index < -0.39 is 0 Å². The predicted octanol–water partition coefficient (Wildman–Crippen LogP) is 4.22. The molecule has 1 amide bonds. The summed E-state index contributed by atoms with van der Waals surface area (Å²) in [6.45, 7) is 2.10. The van der Waals surface area contributed by atoms with E-state index in [0.717, 1.165) is 17.0 Å². The van der Waals surface area contributed by atoms with Gasteiger partial charge in [-0.2, -0.15) is 0 Å². The Balaban J connectivity index is 2.16. The van der Waals surface area contributed by atoms with Gasteiger partial charge in [-0.1, -0.05) is 31.2 Å². The van der Waals surface area contributed by atoms with Crippen molar-refractivity contribution in [3.8, 4) is 0 Å². The lowest BCUT2D eigenvalue weighted by Gasteiger charge is -2.09. The van der Waals surface area contributed by atoms with Gasteiger partial charge in [0.1, 0.15) is 0 Å². The number of para-hydroxylation sites is 1. The van der Waals surface area contributed by atoms with Crippen molar-refractivity contribution in [1.82, 2.24) is 0 Å². The Hall–Kier alpha value is -1.74. The minimum atomic E-state index is -0.0656. The van der Waals surface area contributed by atoms with Crippen LogP contribution in [0, 0.1) is 0 Å². The molecule has 0 heterocycles. The number of aryl methyl sites for hydroxylation is 1. The van der Waals surface area contributed by atoms with E-state index in [9.17, 15) is 4.79 Å². The van der Waals surface area contributed by atoms with Crippen LogP contribution in [0.5, 0.6) is 0 Å². The number of anilines is 1. The van der Waals surface area contributed by atoms with Crippen molar-refractivity contribution >= 4 is 23.4 Å². The molecule has 0 aliphatic heterocycles. The Labute approximate surface area is 118 Å². The Morgan fingerprint density at radius 1 is 1.11 bits per heavy atom. The van der Waals surface area contributed by atoms with Crippen LogP contribution < -0.4 is 5.32 Å². The molecule has 3 heteroatoms. The zero-order valence-electron chi connectivity index (χ0n) is 11.1. The maximum atomic E-state index is 12.2. The molecule has 2 nitrogen and oxygen atoms in total. The summed E-state index contributed by atoms with van der Waals surface area (Å²) in [4.78, 5) is 13.2. The number of carbonyl (C=O) groups is 1. The fourth-order valence-electron chi connectivity index (χ4n) is 1.83. The van der Waals surface area contributed by atoms with Crippen LogP contribution in [0.15, 0.2) is 53.4 Å². The molecule has 2 aromatic carbocycles. The summed E-state index contributed by atoms with van der Waals surface area (Å²) in [7, 11) is 0. The molecule has 19 heavy (non-hydrogen) atoms. The van der Waals surface area contributed by atoms with E-state index in [4.69, 9.17) is 0 Å². The first kappa shape index (κ1) is 13.7. The Kier molecular flexibility index (Phi) is 4.63. The number of rotatable bonds is 4. The van der Waals surface area contributed by atoms with Crippen molar-refractivity contribution < 1.29 is 4.79 Å². The monoisotopic (exact) mass is 271 g/mol. The number of thioether (sulfide) groups is 1. The van der Waals surface area contributed by atoms with E-state index in [0.29, 0.717) is 5.56 Å². The molecule has 0 saturated carbocycles. The second kappa shape index (κ2) is 6.43. The fraction of sp³-hybridized carbons (Fsp3) is 0.188. The second-order valence-electron chi connectivity index (χ2n) is 4.20. The van der Waals surface area contributed by atoms with Crippen molar-refractivity contribution in [1.29, 1.82) is 0 Å². The highest BCUT2D eigenvalue weighted by atomic mass is 32.2. The first-order chi connectivity index (χ1) is 9.24. The third-order valence-electron chi connectivity index (χ3n) is 2.98. The summed E-state index contributed by atoms with van der Waals surface area (Å²) >= 11 is 1.62. The van der Waals surface area contributed by atoms with Crippen molar-refractivity contribution in [2.75, 3.05) is 11.6 Å². The van der Waals surface area contributed by atoms with Gasteiger partial charge in [0.15, 0.2) is 0 Å². The van der Waals surface area contributed by atoms with E-state index in [2.05, 4.69) is 12.2 Å². The summed E-state index contributed by atoms with van der Waals surface area (Å²) in [6.07, 6.45) is 2.98. The molecule has 0 fully saturated rings. The van der Waals surface area contributed by atoms with Crippen molar-refractivity contribution in [3.63, 3.8) is 0 Å². The molecule has 0 unspecified atom stereocenters. The van der Waals surface area contributed by atoms with Crippen LogP contribution >= 0.6 is 11.8 Å². The number of carbonyl (C=O) groups excluding carboxylic acids is 1. The maximum absolute atomic E-state index is 12.2. The van der Waals surface area contributed by atoms with Crippen LogP contribution in [0.3, 0.4) is 0 Å². The normalized spacial score (nSPS) is 10.2. The van der Waals surface area contributed by atoms with Gasteiger partial charge in [0.05, 0.1) is 5.69 Å². The molecule has 0 atom stereocenters. The number of hydrogen-bond acceptors (Lipinski definition) is 2. The topological polar surface area (TPSA) is 29.1 Å². The molecule has 1 N–H and O–H groups in total. The molecule has 0 radical (unpaired) electrons. The van der Waals surface area contributed by atoms with Crippen LogP contribution in [0.2, 0.25) is 0 Å². The van der Waals surface area contributed by atoms with E-state index in [1.165, 1.54) is 5.56 Å². The van der Waals surface area contributed by atoms with E-state index >= 15 is 0 Å². The highest BCUT2D eigenvalue weighted by Gasteiger charge is 2.08. The summed E-state index contributed by atoms with van der Waals surface area (Å²) in [6, 6.07) is 15.5. The SMILES string of the molecule is CCc1ccc(C(=O)Nc2ccccc2SC)cc1. The number of amides is 1. The molecule has 0 aliphatic carbocycles. The summed E-state index contributed by atoms with van der Waals surface area (Å²) in [5.41, 5.74) is 2.79. The molecule has 0 aromatic heterocycles. The summed E-state index contributed by atoms with van der Waals surface area (Å²) in [5, 5.41) is 2.96. The first-order valence-electron chi connectivity index (χ1n) is 6.28. The van der Waals surface area contributed by atoms with E-state index in [1.54, 1.807) is 11.8 Å². The number of hydrogen-bond donors (Lipinski definition) is 1. The Morgan fingerprint density at radius 3 is 2.42 bits per heavy atom. The predicted molar refractivity (Wildman–Crippen MR) is 82.0 cm³/mol. The molecular weight excluding hydrogens is 254 g/mol. The first-order valence-corrected chi connectivity index (χ1v) is 7.50. The van der Waals surface area contributed by atoms with Gasteiger partial charge < -0.3 is 5.32 Å². The lowest BCUT2D eigenvalue weighted by molar-refractivity contribution is 0.102. The van der Waals surface area contributed by atoms with Gasteiger partial charge in [0.2, 0.25) is 0 Å². The van der Waals surface area contributed by atoms with Crippen molar-refractivity contribution in [3.05, 3.63) is 59.7 Å². The minimum Gasteiger partial charge on any atom is -0.321 e. The average molecular weight is 271 g/mol. The lowest BCUT2D eigenvalue weighted by Crippen LogP contribution is -2.12. The fourth-order valence-corrected chi connectivity index (χ4v) is 2.39. The number of benzene rings is 2. The molecular formula is C16H17NOS. The van der Waals surface area contributed by atoms with Crippen LogP contribution in [0.25, 0.3) is 0 Å². The van der Waals surface area contributed by atoms with Gasteiger partial charge in [0, 0.05) is 10.5 Å². The molecule has 98 valence electrons. The highest BCUT2D eigenvalue weighted by molar-refractivity contribution is 7.98. The Morgan fingerprint density at radius 2 is 1.79 bits per heavy atom. The van der Waals surface area contributed by atoms with Gasteiger partial charge in [-0.05, 0) is 42.5 Å². The summed E-state index contributed by atoms with van der Waals surface area (Å²) in [5.74, 6) is -0.0656. The quantitative estimate of drug-likeness (QED) is 0.843. The minimum absolute atomic E-state index is 0.0656. The average Bonchev–Trinajstić information content (AvgIpc) is 2.48. The third-order valence-corrected chi connectivity index (χ3v) is 3.78. The molecule has 0 saturated heterocycles. The van der Waals surface area contributed by atoms with Crippen LogP contribution in [-0.2, 0) is 6.42 Å². The standard InChI is InChI=1S/C16H17NOS/c1-3-12-8-10-13(11-9-12)16(18)17-14-6-4-5-7-15(14)19-2/h4-11H,3H2,1-2H3,(H,17,18). The van der Waals surface area contributed by atoms with Gasteiger partial charge in [-0.3, -0.25) is 4.79 Å². The van der Waals surface area contributed by atoms with Crippen LogP contribution in [0.4, 0.5) is 5.69 Å². The van der Waals surface area contributed by atoms with Crippen LogP contribution in [-0.4, -0.2) is 12.2 Å². The van der Waals surface area contributed by atoms with Gasteiger partial charge in [-0.25, -0.2) is 0 Å². The molecule has 0 aliphatic rings. The van der Waals surface area contributed by atoms with Crippen molar-refractivity contribution in [2.45, 2.75) is 18.2 Å². The van der Waals surface area contributed by atoms with Gasteiger partial charge in [0.25, 0.3) is 5.91 Å². The van der Waals surface area contributed by atoms with Crippen LogP contribution in [0.1, 0.15) is 22.8 Å². The zero-order chi connectivity index (χ0) is 13.7. The van der Waals surface area contributed by atoms with Gasteiger partial charge in [-0.15, -0.1) is 11.8 Å². The lowest BCUT2D eigenvalue weighted by atomic mass is 10.1. The molecule has 2 rings (SSSR count). The van der Waals surface area contributed by atoms with Gasteiger partial charge >= 0.3 is 0 Å². The smallest absolute Gasteiger partial charge is 0.255 e. The zero-order valence-corrected chi connectivity index (χ0v) is 12.0. The largest absolute Gasteiger partial charge is 0.321 e. The Bertz CT molecular complexity index is 563. The second-order valence-corrected chi connectivity index (χ2v) is 5.05. The van der Waals surface area contributed by atoms with Crippen molar-refractivity contribution in [2.24, 2.45) is 0 Å². The summed E-state index contributed by atoms with van der Waals surface area (Å²) < 4.78 is 0. The maximum Gasteiger partial charge on any atom is 0.255 e. The molecule has 0 bridgehead atoms. The highest BCUT2D eigenvalue weighted by Crippen LogP contribution is 2.25. The molecule has 2 aromatic rings. The van der Waals surface area contributed by atoms with E-state index in [1.807, 2.05) is 54.8 Å².